The van der Waals surface area contributed by atoms with Crippen LogP contribution in [-0.4, -0.2) is 18.6 Å². The summed E-state index contributed by atoms with van der Waals surface area (Å²) in [6, 6.07) is 5.08. The first-order valence-electron chi connectivity index (χ1n) is 5.43. The van der Waals surface area contributed by atoms with E-state index in [4.69, 9.17) is 4.52 Å². The van der Waals surface area contributed by atoms with Crippen LogP contribution in [0.4, 0.5) is 0 Å². The first-order chi connectivity index (χ1) is 8.88. The average Bonchev–Trinajstić information content (AvgIpc) is 2.76. The molecule has 0 radical (unpaired) electrons. The van der Waals surface area contributed by atoms with Gasteiger partial charge in [-0.25, -0.2) is 13.1 Å². The maximum absolute atomic E-state index is 12.2. The van der Waals surface area contributed by atoms with Gasteiger partial charge in [0.1, 0.15) is 0 Å². The average molecular weight is 346 g/mol. The van der Waals surface area contributed by atoms with E-state index in [1.54, 1.807) is 32.0 Å². The Morgan fingerprint density at radius 3 is 2.74 bits per heavy atom. The Labute approximate surface area is 119 Å². The number of nitrogens with zero attached hydrogens (tertiary/aromatic N) is 2. The van der Waals surface area contributed by atoms with Crippen molar-refractivity contribution in [2.45, 2.75) is 25.3 Å². The Bertz CT molecular complexity index is 697. The molecule has 1 N–H and O–H groups in total. The topological polar surface area (TPSA) is 85.1 Å². The van der Waals surface area contributed by atoms with E-state index in [0.29, 0.717) is 21.8 Å². The van der Waals surface area contributed by atoms with Gasteiger partial charge in [-0.2, -0.15) is 4.98 Å². The second-order valence-corrected chi connectivity index (χ2v) is 6.62. The molecule has 0 saturated heterocycles. The molecule has 0 fully saturated rings. The number of benzene rings is 1. The number of sulfonamides is 1. The fourth-order valence-corrected chi connectivity index (χ4v) is 3.28. The van der Waals surface area contributed by atoms with Crippen LogP contribution < -0.4 is 4.72 Å². The van der Waals surface area contributed by atoms with Crippen molar-refractivity contribution in [2.24, 2.45) is 0 Å². The maximum Gasteiger partial charge on any atom is 0.241 e. The van der Waals surface area contributed by atoms with Crippen LogP contribution in [0.2, 0.25) is 0 Å². The zero-order valence-electron chi connectivity index (χ0n) is 10.3. The van der Waals surface area contributed by atoms with Gasteiger partial charge in [0.05, 0.1) is 11.4 Å². The van der Waals surface area contributed by atoms with Crippen LogP contribution >= 0.6 is 15.9 Å². The Hall–Kier alpha value is -1.25. The van der Waals surface area contributed by atoms with Gasteiger partial charge in [0.25, 0.3) is 0 Å². The third kappa shape index (κ3) is 3.40. The molecular weight excluding hydrogens is 334 g/mol. The van der Waals surface area contributed by atoms with Gasteiger partial charge in [-0.15, -0.1) is 0 Å². The van der Waals surface area contributed by atoms with E-state index in [-0.39, 0.29) is 11.4 Å². The SMILES string of the molecule is Cc1nc(CNS(=O)(=O)c2cc(Br)ccc2C)no1. The highest BCUT2D eigenvalue weighted by molar-refractivity contribution is 9.10. The summed E-state index contributed by atoms with van der Waals surface area (Å²) in [4.78, 5) is 4.16. The van der Waals surface area contributed by atoms with E-state index in [1.165, 1.54) is 0 Å². The molecule has 0 atom stereocenters. The molecule has 19 heavy (non-hydrogen) atoms. The summed E-state index contributed by atoms with van der Waals surface area (Å²) in [5.41, 5.74) is 0.667. The van der Waals surface area contributed by atoms with Crippen LogP contribution in [0.1, 0.15) is 17.3 Å². The fourth-order valence-electron chi connectivity index (χ4n) is 1.51. The van der Waals surface area contributed by atoms with Crippen molar-refractivity contribution in [3.05, 3.63) is 40.0 Å². The van der Waals surface area contributed by atoms with Crippen molar-refractivity contribution >= 4 is 26.0 Å². The van der Waals surface area contributed by atoms with Gasteiger partial charge in [0.2, 0.25) is 15.9 Å². The lowest BCUT2D eigenvalue weighted by atomic mass is 10.2. The largest absolute Gasteiger partial charge is 0.340 e. The van der Waals surface area contributed by atoms with E-state index in [0.717, 1.165) is 0 Å². The van der Waals surface area contributed by atoms with Crippen molar-refractivity contribution in [2.75, 3.05) is 0 Å². The zero-order valence-corrected chi connectivity index (χ0v) is 12.7. The minimum absolute atomic E-state index is 0.00831. The molecule has 2 aromatic rings. The summed E-state index contributed by atoms with van der Waals surface area (Å²) in [6.07, 6.45) is 0. The van der Waals surface area contributed by atoms with E-state index in [9.17, 15) is 8.42 Å². The molecule has 0 bridgehead atoms. The van der Waals surface area contributed by atoms with Gasteiger partial charge in [0.15, 0.2) is 5.82 Å². The minimum atomic E-state index is -3.60. The predicted molar refractivity (Wildman–Crippen MR) is 71.9 cm³/mol. The molecule has 0 aliphatic heterocycles. The van der Waals surface area contributed by atoms with Gasteiger partial charge in [0, 0.05) is 11.4 Å². The van der Waals surface area contributed by atoms with E-state index < -0.39 is 10.0 Å². The van der Waals surface area contributed by atoms with Gasteiger partial charge in [-0.1, -0.05) is 27.2 Å². The van der Waals surface area contributed by atoms with Crippen LogP contribution in [-0.2, 0) is 16.6 Å². The lowest BCUT2D eigenvalue weighted by Crippen LogP contribution is -2.24. The number of hydrogen-bond acceptors (Lipinski definition) is 5. The Balaban J connectivity index is 2.20. The summed E-state index contributed by atoms with van der Waals surface area (Å²) in [6.45, 7) is 3.37. The van der Waals surface area contributed by atoms with Crippen LogP contribution in [0.3, 0.4) is 0 Å². The molecule has 0 aliphatic carbocycles. The molecule has 0 saturated carbocycles. The number of aryl methyl sites for hydroxylation is 2. The normalized spacial score (nSPS) is 11.7. The highest BCUT2D eigenvalue weighted by Crippen LogP contribution is 2.20. The standard InChI is InChI=1S/C11H12BrN3O3S/c1-7-3-4-9(12)5-10(7)19(16,17)13-6-11-14-8(2)18-15-11/h3-5,13H,6H2,1-2H3. The summed E-state index contributed by atoms with van der Waals surface area (Å²) >= 11 is 3.26. The molecule has 0 aliphatic rings. The van der Waals surface area contributed by atoms with Crippen molar-refractivity contribution < 1.29 is 12.9 Å². The van der Waals surface area contributed by atoms with Crippen LogP contribution in [0, 0.1) is 13.8 Å². The van der Waals surface area contributed by atoms with Crippen molar-refractivity contribution in [1.82, 2.24) is 14.9 Å². The monoisotopic (exact) mass is 345 g/mol. The van der Waals surface area contributed by atoms with Gasteiger partial charge in [-0.05, 0) is 24.6 Å². The van der Waals surface area contributed by atoms with Gasteiger partial charge in [-0.3, -0.25) is 0 Å². The third-order valence-corrected chi connectivity index (χ3v) is 4.47. The molecule has 1 heterocycles. The molecule has 6 nitrogen and oxygen atoms in total. The fraction of sp³-hybridized carbons (Fsp3) is 0.273. The predicted octanol–water partition coefficient (Wildman–Crippen LogP) is 1.93. The summed E-state index contributed by atoms with van der Waals surface area (Å²) in [7, 11) is -3.60. The molecule has 0 unspecified atom stereocenters. The maximum atomic E-state index is 12.2. The molecule has 2 rings (SSSR count). The summed E-state index contributed by atoms with van der Waals surface area (Å²) in [5.74, 6) is 0.696. The zero-order chi connectivity index (χ0) is 14.0. The summed E-state index contributed by atoms with van der Waals surface area (Å²) < 4.78 is 32.3. The second-order valence-electron chi connectivity index (χ2n) is 3.96. The number of rotatable bonds is 4. The Kier molecular flexibility index (Phi) is 4.02. The van der Waals surface area contributed by atoms with Crippen LogP contribution in [0.5, 0.6) is 0 Å². The van der Waals surface area contributed by atoms with Gasteiger partial charge < -0.3 is 4.52 Å². The Morgan fingerprint density at radius 1 is 1.37 bits per heavy atom. The molecule has 8 heteroatoms. The number of hydrogen-bond donors (Lipinski definition) is 1. The first-order valence-corrected chi connectivity index (χ1v) is 7.71. The smallest absolute Gasteiger partial charge is 0.241 e. The highest BCUT2D eigenvalue weighted by Gasteiger charge is 2.18. The number of nitrogens with one attached hydrogen (secondary N) is 1. The van der Waals surface area contributed by atoms with E-state index >= 15 is 0 Å². The lowest BCUT2D eigenvalue weighted by molar-refractivity contribution is 0.387. The van der Waals surface area contributed by atoms with Crippen molar-refractivity contribution in [3.63, 3.8) is 0 Å². The van der Waals surface area contributed by atoms with Gasteiger partial charge >= 0.3 is 0 Å². The van der Waals surface area contributed by atoms with Crippen LogP contribution in [0.15, 0.2) is 32.1 Å². The molecule has 1 aromatic heterocycles. The number of aromatic nitrogens is 2. The molecular formula is C11H12BrN3O3S. The van der Waals surface area contributed by atoms with E-state index in [2.05, 4.69) is 30.8 Å². The minimum Gasteiger partial charge on any atom is -0.340 e. The third-order valence-electron chi connectivity index (χ3n) is 2.43. The molecule has 102 valence electrons. The summed E-state index contributed by atoms with van der Waals surface area (Å²) in [5, 5.41) is 3.63. The molecule has 0 amide bonds. The van der Waals surface area contributed by atoms with Crippen molar-refractivity contribution in [3.8, 4) is 0 Å². The van der Waals surface area contributed by atoms with E-state index in [1.807, 2.05) is 0 Å². The highest BCUT2D eigenvalue weighted by atomic mass is 79.9. The Morgan fingerprint density at radius 2 is 2.11 bits per heavy atom. The lowest BCUT2D eigenvalue weighted by Gasteiger charge is -2.08. The van der Waals surface area contributed by atoms with Crippen molar-refractivity contribution in [1.29, 1.82) is 0 Å². The quantitative estimate of drug-likeness (QED) is 0.914. The number of halogens is 1. The first kappa shape index (κ1) is 14.2. The molecule has 1 aromatic carbocycles. The van der Waals surface area contributed by atoms with Crippen LogP contribution in [0.25, 0.3) is 0 Å². The molecule has 0 spiro atoms. The second kappa shape index (κ2) is 5.40.